The van der Waals surface area contributed by atoms with Gasteiger partial charge < -0.3 is 0 Å². The second-order valence-electron chi connectivity index (χ2n) is 6.94. The second kappa shape index (κ2) is 8.49. The van der Waals surface area contributed by atoms with Crippen LogP contribution in [0.5, 0.6) is 0 Å². The molecule has 1 heterocycles. The predicted octanol–water partition coefficient (Wildman–Crippen LogP) is 5.32. The minimum atomic E-state index is -1.22. The van der Waals surface area contributed by atoms with Crippen molar-refractivity contribution >= 4 is 52.2 Å². The first-order valence-electron chi connectivity index (χ1n) is 9.33. The highest BCUT2D eigenvalue weighted by Crippen LogP contribution is 2.34. The fourth-order valence-corrected chi connectivity index (χ4v) is 3.61. The summed E-state index contributed by atoms with van der Waals surface area (Å²) < 4.78 is 13.2. The van der Waals surface area contributed by atoms with Crippen molar-refractivity contribution in [1.82, 2.24) is 0 Å². The van der Waals surface area contributed by atoms with Crippen molar-refractivity contribution in [3.8, 4) is 0 Å². The molecule has 0 unspecified atom stereocenters. The van der Waals surface area contributed by atoms with Gasteiger partial charge in [-0.15, -0.1) is 0 Å². The average molecular weight is 457 g/mol. The molecule has 156 valence electrons. The number of benzene rings is 3. The van der Waals surface area contributed by atoms with Gasteiger partial charge in [-0.25, -0.2) is 14.4 Å². The molecule has 0 atom stereocenters. The normalized spacial score (nSPS) is 14.4. The fourth-order valence-electron chi connectivity index (χ4n) is 3.36. The summed E-state index contributed by atoms with van der Waals surface area (Å²) in [4.78, 5) is 39.2. The number of carbonyl (C=O) groups is 3. The number of hydrazine groups is 1. The number of carbonyl (C=O) groups excluding carboxylic acids is 3. The lowest BCUT2D eigenvalue weighted by atomic mass is 9.97. The molecule has 1 saturated heterocycles. The molecule has 4 rings (SSSR count). The smallest absolute Gasteiger partial charge is 0.259 e. The highest BCUT2D eigenvalue weighted by molar-refractivity contribution is 6.31. The van der Waals surface area contributed by atoms with Crippen LogP contribution in [0.3, 0.4) is 0 Å². The molecule has 0 spiro atoms. The van der Waals surface area contributed by atoms with E-state index in [2.05, 4.69) is 0 Å². The lowest BCUT2D eigenvalue weighted by Crippen LogP contribution is -2.41. The summed E-state index contributed by atoms with van der Waals surface area (Å²) >= 11 is 11.9. The highest BCUT2D eigenvalue weighted by atomic mass is 35.5. The molecule has 5 nitrogen and oxygen atoms in total. The molecule has 0 radical (unpaired) electrons. The molecule has 0 aliphatic carbocycles. The third-order valence-electron chi connectivity index (χ3n) is 4.91. The van der Waals surface area contributed by atoms with Crippen molar-refractivity contribution in [3.63, 3.8) is 0 Å². The first-order chi connectivity index (χ1) is 14.8. The van der Waals surface area contributed by atoms with Crippen molar-refractivity contribution in [2.24, 2.45) is 5.92 Å². The van der Waals surface area contributed by atoms with Gasteiger partial charge in [0.1, 0.15) is 11.7 Å². The van der Waals surface area contributed by atoms with E-state index in [1.807, 2.05) is 0 Å². The Kier molecular flexibility index (Phi) is 5.76. The maximum Gasteiger partial charge on any atom is 0.259 e. The summed E-state index contributed by atoms with van der Waals surface area (Å²) in [6.07, 6.45) is -0.336. The van der Waals surface area contributed by atoms with E-state index in [4.69, 9.17) is 23.2 Å². The van der Waals surface area contributed by atoms with Crippen molar-refractivity contribution in [2.45, 2.75) is 6.42 Å². The van der Waals surface area contributed by atoms with Gasteiger partial charge in [0.2, 0.25) is 0 Å². The van der Waals surface area contributed by atoms with E-state index in [0.29, 0.717) is 21.4 Å². The van der Waals surface area contributed by atoms with E-state index >= 15 is 0 Å². The summed E-state index contributed by atoms with van der Waals surface area (Å²) in [7, 11) is 0. The summed E-state index contributed by atoms with van der Waals surface area (Å²) in [6.45, 7) is 0. The Morgan fingerprint density at radius 3 is 1.58 bits per heavy atom. The van der Waals surface area contributed by atoms with Crippen LogP contribution in [0.2, 0.25) is 10.0 Å². The number of Topliss-reactive ketones (excluding diaryl/α,β-unsaturated/α-hetero) is 1. The maximum atomic E-state index is 13.3. The third-order valence-corrected chi connectivity index (χ3v) is 5.42. The van der Waals surface area contributed by atoms with Crippen molar-refractivity contribution in [1.29, 1.82) is 0 Å². The van der Waals surface area contributed by atoms with E-state index in [9.17, 15) is 18.8 Å². The molecule has 3 aromatic carbocycles. The number of anilines is 2. The lowest BCUT2D eigenvalue weighted by Gasteiger charge is -2.27. The van der Waals surface area contributed by atoms with Gasteiger partial charge in [-0.1, -0.05) is 23.2 Å². The van der Waals surface area contributed by atoms with Crippen LogP contribution in [0.4, 0.5) is 15.8 Å². The standard InChI is InChI=1S/C23H15Cl2FN2O3/c24-15-3-9-18(10-4-15)27-22(30)20(13-21(29)14-1-7-17(26)8-2-14)23(31)28(27)19-11-5-16(25)6-12-19/h1-12,20H,13H2. The molecule has 31 heavy (non-hydrogen) atoms. The van der Waals surface area contributed by atoms with Crippen molar-refractivity contribution in [3.05, 3.63) is 94.2 Å². The van der Waals surface area contributed by atoms with Crippen molar-refractivity contribution in [2.75, 3.05) is 10.0 Å². The minimum Gasteiger partial charge on any atom is -0.294 e. The third kappa shape index (κ3) is 4.17. The molecule has 0 N–H and O–H groups in total. The highest BCUT2D eigenvalue weighted by Gasteiger charge is 2.47. The van der Waals surface area contributed by atoms with Gasteiger partial charge in [0, 0.05) is 22.0 Å². The number of nitrogens with zero attached hydrogens (tertiary/aromatic N) is 2. The Morgan fingerprint density at radius 1 is 0.742 bits per heavy atom. The summed E-state index contributed by atoms with van der Waals surface area (Å²) in [5.74, 6) is -3.22. The molecule has 1 aliphatic rings. The molecule has 8 heteroatoms. The van der Waals surface area contributed by atoms with Crippen LogP contribution >= 0.6 is 23.2 Å². The molecule has 0 aromatic heterocycles. The van der Waals surface area contributed by atoms with Crippen LogP contribution in [-0.4, -0.2) is 17.6 Å². The van der Waals surface area contributed by atoms with Crippen LogP contribution in [-0.2, 0) is 9.59 Å². The van der Waals surface area contributed by atoms with Gasteiger partial charge in [-0.05, 0) is 72.8 Å². The first-order valence-corrected chi connectivity index (χ1v) is 10.1. The number of hydrogen-bond acceptors (Lipinski definition) is 3. The summed E-state index contributed by atoms with van der Waals surface area (Å²) in [5.41, 5.74) is 1.08. The van der Waals surface area contributed by atoms with E-state index in [1.165, 1.54) is 22.2 Å². The number of rotatable bonds is 5. The van der Waals surface area contributed by atoms with Crippen LogP contribution in [0.15, 0.2) is 72.8 Å². The number of ketones is 1. The molecule has 1 fully saturated rings. The number of amides is 2. The SMILES string of the molecule is O=C(CC1C(=O)N(c2ccc(Cl)cc2)N(c2ccc(Cl)cc2)C1=O)c1ccc(F)cc1. The zero-order chi connectivity index (χ0) is 22.1. The zero-order valence-corrected chi connectivity index (χ0v) is 17.5. The van der Waals surface area contributed by atoms with Gasteiger partial charge >= 0.3 is 0 Å². The van der Waals surface area contributed by atoms with Crippen LogP contribution in [0, 0.1) is 11.7 Å². The van der Waals surface area contributed by atoms with E-state index < -0.39 is 29.3 Å². The predicted molar refractivity (Wildman–Crippen MR) is 117 cm³/mol. The lowest BCUT2D eigenvalue weighted by molar-refractivity contribution is -0.126. The number of halogens is 3. The van der Waals surface area contributed by atoms with Crippen molar-refractivity contribution < 1.29 is 18.8 Å². The first kappa shape index (κ1) is 21.0. The van der Waals surface area contributed by atoms with E-state index in [-0.39, 0.29) is 12.0 Å². The Morgan fingerprint density at radius 2 is 1.16 bits per heavy atom. The topological polar surface area (TPSA) is 57.7 Å². The van der Waals surface area contributed by atoms with Gasteiger partial charge in [0.15, 0.2) is 5.78 Å². The average Bonchev–Trinajstić information content (AvgIpc) is 3.00. The largest absolute Gasteiger partial charge is 0.294 e. The Hall–Kier alpha value is -3.22. The molecular formula is C23H15Cl2FN2O3. The Labute approximate surface area is 187 Å². The maximum absolute atomic E-state index is 13.3. The van der Waals surface area contributed by atoms with Gasteiger partial charge in [0.25, 0.3) is 11.8 Å². The summed E-state index contributed by atoms with van der Waals surface area (Å²) in [5, 5.41) is 3.40. The van der Waals surface area contributed by atoms with E-state index in [1.54, 1.807) is 48.5 Å². The quantitative estimate of drug-likeness (QED) is 0.385. The minimum absolute atomic E-state index is 0.227. The Balaban J connectivity index is 1.70. The zero-order valence-electron chi connectivity index (χ0n) is 16.0. The molecule has 1 aliphatic heterocycles. The molecule has 2 amide bonds. The Bertz CT molecular complexity index is 1090. The molecular weight excluding hydrogens is 442 g/mol. The van der Waals surface area contributed by atoms with E-state index in [0.717, 1.165) is 12.1 Å². The molecule has 0 bridgehead atoms. The fraction of sp³-hybridized carbons (Fsp3) is 0.0870. The number of hydrogen-bond donors (Lipinski definition) is 0. The van der Waals surface area contributed by atoms with Gasteiger partial charge in [-0.3, -0.25) is 14.4 Å². The van der Waals surface area contributed by atoms with Gasteiger partial charge in [0.05, 0.1) is 11.4 Å². The van der Waals surface area contributed by atoms with Gasteiger partial charge in [-0.2, -0.15) is 0 Å². The van der Waals surface area contributed by atoms with Crippen LogP contribution in [0.25, 0.3) is 0 Å². The molecule has 3 aromatic rings. The second-order valence-corrected chi connectivity index (χ2v) is 7.81. The molecule has 0 saturated carbocycles. The van der Waals surface area contributed by atoms with Crippen LogP contribution < -0.4 is 10.0 Å². The summed E-state index contributed by atoms with van der Waals surface area (Å²) in [6, 6.07) is 17.8. The van der Waals surface area contributed by atoms with Crippen LogP contribution in [0.1, 0.15) is 16.8 Å². The monoisotopic (exact) mass is 456 g/mol.